The summed E-state index contributed by atoms with van der Waals surface area (Å²) in [5.41, 5.74) is 0.309. The number of esters is 1. The van der Waals surface area contributed by atoms with Crippen molar-refractivity contribution in [3.63, 3.8) is 0 Å². The van der Waals surface area contributed by atoms with Crippen molar-refractivity contribution in [1.82, 2.24) is 0 Å². The topological polar surface area (TPSA) is 71.1 Å². The van der Waals surface area contributed by atoms with E-state index in [1.807, 2.05) is 0 Å². The summed E-state index contributed by atoms with van der Waals surface area (Å²) in [7, 11) is -1.68. The minimum absolute atomic E-state index is 0.0546. The molecule has 0 aromatic carbocycles. The molecule has 0 aliphatic heterocycles. The van der Waals surface area contributed by atoms with Gasteiger partial charge in [-0.25, -0.2) is 4.79 Å². The highest BCUT2D eigenvalue weighted by atomic mass is 28.4. The van der Waals surface area contributed by atoms with Gasteiger partial charge in [-0.05, 0) is 13.8 Å². The van der Waals surface area contributed by atoms with Crippen molar-refractivity contribution in [2.45, 2.75) is 26.8 Å². The first-order valence-electron chi connectivity index (χ1n) is 5.58. The smallest absolute Gasteiger partial charge is 0.473 e. The Bertz CT molecular complexity index is 317. The van der Waals surface area contributed by atoms with Crippen LogP contribution in [0.4, 0.5) is 0 Å². The van der Waals surface area contributed by atoms with Crippen molar-refractivity contribution < 1.29 is 27.6 Å². The van der Waals surface area contributed by atoms with E-state index in [1.54, 1.807) is 13.8 Å². The summed E-state index contributed by atoms with van der Waals surface area (Å²) >= 11 is 0. The zero-order valence-corrected chi connectivity index (χ0v) is 12.3. The van der Waals surface area contributed by atoms with E-state index in [-0.39, 0.29) is 12.7 Å². The Morgan fingerprint density at radius 2 is 1.89 bits per heavy atom. The van der Waals surface area contributed by atoms with Gasteiger partial charge in [0, 0.05) is 26.2 Å². The van der Waals surface area contributed by atoms with Gasteiger partial charge in [0.25, 0.3) is 5.97 Å². The summed E-state index contributed by atoms with van der Waals surface area (Å²) in [4.78, 5) is 22.2. The lowest BCUT2D eigenvalue weighted by Gasteiger charge is -2.26. The number of carbonyl (C=O) groups is 2. The lowest BCUT2D eigenvalue weighted by Crippen LogP contribution is -2.47. The van der Waals surface area contributed by atoms with Gasteiger partial charge in [-0.15, -0.1) is 0 Å². The van der Waals surface area contributed by atoms with E-state index >= 15 is 0 Å². The van der Waals surface area contributed by atoms with Crippen molar-refractivity contribution in [3.8, 4) is 0 Å². The highest BCUT2D eigenvalue weighted by molar-refractivity contribution is 6.62. The minimum atomic E-state index is -3.09. The van der Waals surface area contributed by atoms with Gasteiger partial charge in [0.15, 0.2) is 0 Å². The van der Waals surface area contributed by atoms with Gasteiger partial charge in [-0.2, -0.15) is 0 Å². The predicted octanol–water partition coefficient (Wildman–Crippen LogP) is 1.29. The first-order chi connectivity index (χ1) is 8.37. The standard InChI is InChI=1S/C11H20O6Si/c1-6-16-18(14-5,17-10(4)12)8-7-15-11(13)9(2)3/h2,6-8H2,1,3-5H3. The van der Waals surface area contributed by atoms with Crippen LogP contribution in [0.3, 0.4) is 0 Å². The Morgan fingerprint density at radius 3 is 2.28 bits per heavy atom. The molecule has 18 heavy (non-hydrogen) atoms. The van der Waals surface area contributed by atoms with Crippen molar-refractivity contribution >= 4 is 20.7 Å². The van der Waals surface area contributed by atoms with E-state index in [9.17, 15) is 9.59 Å². The van der Waals surface area contributed by atoms with Crippen LogP contribution in [0.25, 0.3) is 0 Å². The second-order valence-electron chi connectivity index (χ2n) is 3.58. The highest BCUT2D eigenvalue weighted by Crippen LogP contribution is 2.15. The van der Waals surface area contributed by atoms with Crippen LogP contribution in [-0.4, -0.2) is 41.1 Å². The van der Waals surface area contributed by atoms with E-state index in [1.165, 1.54) is 14.0 Å². The first-order valence-corrected chi connectivity index (χ1v) is 7.51. The summed E-state index contributed by atoms with van der Waals surface area (Å²) in [6.45, 7) is 8.47. The van der Waals surface area contributed by atoms with Crippen LogP contribution in [0.15, 0.2) is 12.2 Å². The largest absolute Gasteiger partial charge is 0.571 e. The average Bonchev–Trinajstić information content (AvgIpc) is 2.27. The molecular formula is C11H20O6Si. The molecule has 0 saturated carbocycles. The van der Waals surface area contributed by atoms with Crippen molar-refractivity contribution in [2.24, 2.45) is 0 Å². The second-order valence-corrected chi connectivity index (χ2v) is 6.35. The monoisotopic (exact) mass is 276 g/mol. The fourth-order valence-corrected chi connectivity index (χ4v) is 3.13. The molecule has 0 saturated heterocycles. The molecule has 7 heteroatoms. The van der Waals surface area contributed by atoms with Crippen molar-refractivity contribution in [2.75, 3.05) is 20.3 Å². The first kappa shape index (κ1) is 16.8. The van der Waals surface area contributed by atoms with E-state index in [0.29, 0.717) is 12.2 Å². The van der Waals surface area contributed by atoms with E-state index in [0.717, 1.165) is 0 Å². The van der Waals surface area contributed by atoms with Gasteiger partial charge in [-0.1, -0.05) is 6.58 Å². The molecule has 0 bridgehead atoms. The van der Waals surface area contributed by atoms with Gasteiger partial charge in [-0.3, -0.25) is 4.79 Å². The fraction of sp³-hybridized carbons (Fsp3) is 0.636. The molecule has 0 aromatic heterocycles. The van der Waals surface area contributed by atoms with Crippen LogP contribution in [0, 0.1) is 0 Å². The van der Waals surface area contributed by atoms with Crippen LogP contribution < -0.4 is 0 Å². The molecule has 0 aliphatic rings. The Balaban J connectivity index is 4.44. The molecule has 1 unspecified atom stereocenters. The molecule has 0 spiro atoms. The number of hydrogen-bond donors (Lipinski definition) is 0. The molecule has 0 heterocycles. The SMILES string of the molecule is C=C(C)C(=O)OCC[Si](OC)(OCC)OC(C)=O. The lowest BCUT2D eigenvalue weighted by molar-refractivity contribution is -0.138. The minimum Gasteiger partial charge on any atom is -0.473 e. The van der Waals surface area contributed by atoms with Crippen LogP contribution in [-0.2, 0) is 27.6 Å². The highest BCUT2D eigenvalue weighted by Gasteiger charge is 2.43. The Morgan fingerprint density at radius 1 is 1.28 bits per heavy atom. The Kier molecular flexibility index (Phi) is 7.49. The molecule has 6 nitrogen and oxygen atoms in total. The lowest BCUT2D eigenvalue weighted by atomic mass is 10.4. The molecule has 0 radical (unpaired) electrons. The van der Waals surface area contributed by atoms with E-state index in [4.69, 9.17) is 18.0 Å². The van der Waals surface area contributed by atoms with Crippen molar-refractivity contribution in [1.29, 1.82) is 0 Å². The van der Waals surface area contributed by atoms with Gasteiger partial charge in [0.1, 0.15) is 0 Å². The zero-order chi connectivity index (χ0) is 14.2. The van der Waals surface area contributed by atoms with Crippen LogP contribution in [0.1, 0.15) is 20.8 Å². The zero-order valence-electron chi connectivity index (χ0n) is 11.3. The molecule has 0 aliphatic carbocycles. The quantitative estimate of drug-likeness (QED) is 0.378. The van der Waals surface area contributed by atoms with Crippen molar-refractivity contribution in [3.05, 3.63) is 12.2 Å². The average molecular weight is 276 g/mol. The van der Waals surface area contributed by atoms with E-state index < -0.39 is 20.7 Å². The second kappa shape index (κ2) is 8.01. The Hall–Kier alpha value is -1.18. The van der Waals surface area contributed by atoms with Crippen LogP contribution in [0.2, 0.25) is 6.04 Å². The molecule has 0 N–H and O–H groups in total. The van der Waals surface area contributed by atoms with E-state index in [2.05, 4.69) is 6.58 Å². The fourth-order valence-electron chi connectivity index (χ4n) is 1.19. The number of hydrogen-bond acceptors (Lipinski definition) is 6. The molecule has 0 aromatic rings. The number of carbonyl (C=O) groups excluding carboxylic acids is 2. The third-order valence-electron chi connectivity index (χ3n) is 1.96. The van der Waals surface area contributed by atoms with Gasteiger partial charge < -0.3 is 18.0 Å². The molecule has 0 rings (SSSR count). The molecular weight excluding hydrogens is 256 g/mol. The summed E-state index contributed by atoms with van der Waals surface area (Å²) in [5.74, 6) is -0.975. The van der Waals surface area contributed by atoms with Gasteiger partial charge in [0.05, 0.1) is 12.7 Å². The summed E-state index contributed by atoms with van der Waals surface area (Å²) in [6, 6.07) is 0.218. The molecule has 104 valence electrons. The summed E-state index contributed by atoms with van der Waals surface area (Å²) < 4.78 is 20.6. The van der Waals surface area contributed by atoms with Gasteiger partial charge >= 0.3 is 14.8 Å². The van der Waals surface area contributed by atoms with Crippen LogP contribution in [0.5, 0.6) is 0 Å². The predicted molar refractivity (Wildman–Crippen MR) is 66.7 cm³/mol. The van der Waals surface area contributed by atoms with Crippen LogP contribution >= 0.6 is 0 Å². The molecule has 1 atom stereocenters. The van der Waals surface area contributed by atoms with Gasteiger partial charge in [0.2, 0.25) is 0 Å². The third-order valence-corrected chi connectivity index (χ3v) is 4.73. The maximum Gasteiger partial charge on any atom is 0.571 e. The molecule has 0 amide bonds. The number of rotatable bonds is 8. The summed E-state index contributed by atoms with van der Waals surface area (Å²) in [6.07, 6.45) is 0. The maximum absolute atomic E-state index is 11.2. The summed E-state index contributed by atoms with van der Waals surface area (Å²) in [5, 5.41) is 0. The Labute approximate surface area is 108 Å². The maximum atomic E-state index is 11.2. The molecule has 0 fully saturated rings. The number of ether oxygens (including phenoxy) is 1. The normalized spacial score (nSPS) is 13.6. The third kappa shape index (κ3) is 5.94.